The summed E-state index contributed by atoms with van der Waals surface area (Å²) in [5.74, 6) is -1.32. The fourth-order valence-corrected chi connectivity index (χ4v) is 2.28. The highest BCUT2D eigenvalue weighted by Crippen LogP contribution is 2.15. The molecule has 0 bridgehead atoms. The van der Waals surface area contributed by atoms with Gasteiger partial charge in [-0.05, 0) is 18.2 Å². The largest absolute Gasteiger partial charge is 0.522 e. The van der Waals surface area contributed by atoms with Crippen LogP contribution >= 0.6 is 0 Å². The highest BCUT2D eigenvalue weighted by atomic mass is 32.2. The van der Waals surface area contributed by atoms with Gasteiger partial charge in [0.1, 0.15) is 0 Å². The number of aromatic carboxylic acids is 1. The molecular formula is C10H10F3NO5S. The normalized spacial score (nSPS) is 12.3. The zero-order valence-corrected chi connectivity index (χ0v) is 10.7. The fourth-order valence-electron chi connectivity index (χ4n) is 1.22. The van der Waals surface area contributed by atoms with Crippen molar-refractivity contribution in [2.24, 2.45) is 0 Å². The van der Waals surface area contributed by atoms with Gasteiger partial charge < -0.3 is 5.11 Å². The Hall–Kier alpha value is -1.65. The minimum absolute atomic E-state index is 0.251. The van der Waals surface area contributed by atoms with Gasteiger partial charge in [0.05, 0.1) is 17.1 Å². The molecule has 20 heavy (non-hydrogen) atoms. The maximum Gasteiger partial charge on any atom is 0.522 e. The molecule has 0 fully saturated rings. The second-order valence-corrected chi connectivity index (χ2v) is 5.29. The quantitative estimate of drug-likeness (QED) is 0.770. The Labute approximate surface area is 112 Å². The molecule has 0 heterocycles. The zero-order valence-electron chi connectivity index (χ0n) is 9.85. The lowest BCUT2D eigenvalue weighted by atomic mass is 10.2. The molecule has 0 aliphatic rings. The first kappa shape index (κ1) is 16.4. The summed E-state index contributed by atoms with van der Waals surface area (Å²) in [4.78, 5) is 10.3. The van der Waals surface area contributed by atoms with Crippen molar-refractivity contribution in [2.75, 3.05) is 13.2 Å². The van der Waals surface area contributed by atoms with Crippen molar-refractivity contribution >= 4 is 16.0 Å². The number of halogens is 3. The molecule has 6 nitrogen and oxygen atoms in total. The van der Waals surface area contributed by atoms with Gasteiger partial charge in [-0.1, -0.05) is 6.07 Å². The van der Waals surface area contributed by atoms with Gasteiger partial charge in [-0.25, -0.2) is 17.9 Å². The molecule has 0 radical (unpaired) electrons. The summed E-state index contributed by atoms with van der Waals surface area (Å²) in [5, 5.41) is 8.72. The summed E-state index contributed by atoms with van der Waals surface area (Å²) in [6.45, 7) is -1.49. The van der Waals surface area contributed by atoms with Crippen molar-refractivity contribution < 1.29 is 36.2 Å². The SMILES string of the molecule is O=C(O)c1cccc(S(=O)(=O)NCCOC(F)(F)F)c1. The van der Waals surface area contributed by atoms with Crippen LogP contribution in [-0.2, 0) is 14.8 Å². The molecule has 0 aliphatic carbocycles. The number of benzene rings is 1. The molecule has 1 aromatic carbocycles. The number of hydrogen-bond acceptors (Lipinski definition) is 4. The topological polar surface area (TPSA) is 92.7 Å². The van der Waals surface area contributed by atoms with Crippen molar-refractivity contribution in [3.63, 3.8) is 0 Å². The summed E-state index contributed by atoms with van der Waals surface area (Å²) in [5.41, 5.74) is -0.251. The van der Waals surface area contributed by atoms with Crippen LogP contribution in [0.2, 0.25) is 0 Å². The second-order valence-electron chi connectivity index (χ2n) is 3.52. The zero-order chi connectivity index (χ0) is 15.4. The van der Waals surface area contributed by atoms with Crippen LogP contribution in [0.5, 0.6) is 0 Å². The number of rotatable bonds is 6. The third-order valence-electron chi connectivity index (χ3n) is 2.05. The number of nitrogens with one attached hydrogen (secondary N) is 1. The van der Waals surface area contributed by atoms with E-state index in [-0.39, 0.29) is 10.5 Å². The summed E-state index contributed by atoms with van der Waals surface area (Å²) in [7, 11) is -4.09. The first-order valence-corrected chi connectivity index (χ1v) is 6.64. The Balaban J connectivity index is 2.70. The Morgan fingerprint density at radius 2 is 2.00 bits per heavy atom. The summed E-state index contributed by atoms with van der Waals surface area (Å²) >= 11 is 0. The van der Waals surface area contributed by atoms with E-state index in [0.29, 0.717) is 0 Å². The van der Waals surface area contributed by atoms with Crippen LogP contribution in [0, 0.1) is 0 Å². The molecule has 0 spiro atoms. The van der Waals surface area contributed by atoms with E-state index in [2.05, 4.69) is 4.74 Å². The number of carboxylic acids is 1. The first-order valence-electron chi connectivity index (χ1n) is 5.15. The molecule has 2 N–H and O–H groups in total. The third-order valence-corrected chi connectivity index (χ3v) is 3.51. The molecule has 0 saturated carbocycles. The van der Waals surface area contributed by atoms with Crippen molar-refractivity contribution in [3.8, 4) is 0 Å². The predicted molar refractivity (Wildman–Crippen MR) is 60.6 cm³/mol. The maximum atomic E-state index is 11.7. The van der Waals surface area contributed by atoms with E-state index in [1.165, 1.54) is 12.1 Å². The molecule has 1 aromatic rings. The van der Waals surface area contributed by atoms with Crippen LogP contribution in [0.3, 0.4) is 0 Å². The van der Waals surface area contributed by atoms with Crippen molar-refractivity contribution in [1.29, 1.82) is 0 Å². The summed E-state index contributed by atoms with van der Waals surface area (Å²) in [6, 6.07) is 4.42. The van der Waals surface area contributed by atoms with E-state index in [1.807, 2.05) is 4.72 Å². The number of carbonyl (C=O) groups is 1. The van der Waals surface area contributed by atoms with Crippen LogP contribution < -0.4 is 4.72 Å². The van der Waals surface area contributed by atoms with Gasteiger partial charge >= 0.3 is 12.3 Å². The third kappa shape index (κ3) is 5.15. The van der Waals surface area contributed by atoms with Crippen molar-refractivity contribution in [2.45, 2.75) is 11.3 Å². The highest BCUT2D eigenvalue weighted by molar-refractivity contribution is 7.89. The first-order chi connectivity index (χ1) is 9.12. The molecule has 0 amide bonds. The Bertz CT molecular complexity index is 585. The van der Waals surface area contributed by atoms with Crippen LogP contribution in [-0.4, -0.2) is 39.0 Å². The van der Waals surface area contributed by atoms with Gasteiger partial charge in [0.2, 0.25) is 10.0 Å². The molecule has 0 saturated heterocycles. The van der Waals surface area contributed by atoms with Gasteiger partial charge in [-0.3, -0.25) is 4.74 Å². The minimum Gasteiger partial charge on any atom is -0.478 e. The molecular weight excluding hydrogens is 303 g/mol. The monoisotopic (exact) mass is 313 g/mol. The lowest BCUT2D eigenvalue weighted by molar-refractivity contribution is -0.323. The molecule has 1 rings (SSSR count). The van der Waals surface area contributed by atoms with E-state index in [4.69, 9.17) is 5.11 Å². The lowest BCUT2D eigenvalue weighted by Gasteiger charge is -2.09. The van der Waals surface area contributed by atoms with E-state index in [1.54, 1.807) is 0 Å². The number of hydrogen-bond donors (Lipinski definition) is 2. The molecule has 0 unspecified atom stereocenters. The van der Waals surface area contributed by atoms with Crippen molar-refractivity contribution in [3.05, 3.63) is 29.8 Å². The fraction of sp³-hybridized carbons (Fsp3) is 0.300. The molecule has 0 atom stereocenters. The summed E-state index contributed by atoms with van der Waals surface area (Å²) in [6.07, 6.45) is -4.84. The van der Waals surface area contributed by atoms with Gasteiger partial charge in [0.25, 0.3) is 0 Å². The predicted octanol–water partition coefficient (Wildman–Crippen LogP) is 1.20. The molecule has 0 aromatic heterocycles. The molecule has 0 aliphatic heterocycles. The molecule has 112 valence electrons. The molecule has 10 heteroatoms. The van der Waals surface area contributed by atoms with Crippen LogP contribution in [0.15, 0.2) is 29.2 Å². The Morgan fingerprint density at radius 1 is 1.35 bits per heavy atom. The maximum absolute atomic E-state index is 11.7. The van der Waals surface area contributed by atoms with E-state index in [0.717, 1.165) is 12.1 Å². The van der Waals surface area contributed by atoms with Gasteiger partial charge in [-0.15, -0.1) is 13.2 Å². The van der Waals surface area contributed by atoms with Gasteiger partial charge in [-0.2, -0.15) is 0 Å². The van der Waals surface area contributed by atoms with Gasteiger partial charge in [0, 0.05) is 6.54 Å². The average Bonchev–Trinajstić information content (AvgIpc) is 2.34. The van der Waals surface area contributed by atoms with Crippen LogP contribution in [0.1, 0.15) is 10.4 Å². The van der Waals surface area contributed by atoms with Crippen LogP contribution in [0.4, 0.5) is 13.2 Å². The van der Waals surface area contributed by atoms with E-state index < -0.39 is 35.5 Å². The lowest BCUT2D eigenvalue weighted by Crippen LogP contribution is -2.29. The highest BCUT2D eigenvalue weighted by Gasteiger charge is 2.28. The number of sulfonamides is 1. The Morgan fingerprint density at radius 3 is 2.55 bits per heavy atom. The second kappa shape index (κ2) is 6.20. The number of carboxylic acid groups (broad SMARTS) is 1. The van der Waals surface area contributed by atoms with Crippen LogP contribution in [0.25, 0.3) is 0 Å². The van der Waals surface area contributed by atoms with E-state index >= 15 is 0 Å². The number of alkyl halides is 3. The van der Waals surface area contributed by atoms with Crippen molar-refractivity contribution in [1.82, 2.24) is 4.72 Å². The smallest absolute Gasteiger partial charge is 0.478 e. The number of ether oxygens (including phenoxy) is 1. The Kier molecular flexibility index (Phi) is 5.09. The average molecular weight is 313 g/mol. The van der Waals surface area contributed by atoms with Gasteiger partial charge in [0.15, 0.2) is 0 Å². The van der Waals surface area contributed by atoms with E-state index in [9.17, 15) is 26.4 Å². The minimum atomic E-state index is -4.84. The summed E-state index contributed by atoms with van der Waals surface area (Å²) < 4.78 is 63.7. The standard InChI is InChI=1S/C10H10F3NO5S/c11-10(12,13)19-5-4-14-20(17,18)8-3-1-2-7(6-8)9(15)16/h1-3,6,14H,4-5H2,(H,15,16).